The Morgan fingerprint density at radius 2 is 2.00 bits per heavy atom. The second-order valence-electron chi connectivity index (χ2n) is 4.77. The fourth-order valence-corrected chi connectivity index (χ4v) is 2.02. The first kappa shape index (κ1) is 14.9. The highest BCUT2D eigenvalue weighted by atomic mass is 19.1. The van der Waals surface area contributed by atoms with Crippen LogP contribution in [0, 0.1) is 22.9 Å². The van der Waals surface area contributed by atoms with Gasteiger partial charge in [-0.3, -0.25) is 10.1 Å². The predicted octanol–water partition coefficient (Wildman–Crippen LogP) is 3.85. The number of nitrogens with zero attached hydrogens (tertiary/aromatic N) is 1. The molecule has 2 aromatic carbocycles. The molecule has 110 valence electrons. The average molecular weight is 290 g/mol. The first-order valence-corrected chi connectivity index (χ1v) is 6.37. The normalized spacial score (nSPS) is 12.0. The summed E-state index contributed by atoms with van der Waals surface area (Å²) in [7, 11) is 0. The monoisotopic (exact) mass is 290 g/mol. The summed E-state index contributed by atoms with van der Waals surface area (Å²) in [6, 6.07) is 8.26. The highest BCUT2D eigenvalue weighted by Crippen LogP contribution is 2.35. The lowest BCUT2D eigenvalue weighted by Gasteiger charge is -2.14. The number of hydrogen-bond donors (Lipinski definition) is 1. The SMILES string of the molecule is Cc1ccc(Oc2cccc(F)c2[C@@H](C)N)c([N+](=O)[O-])c1. The summed E-state index contributed by atoms with van der Waals surface area (Å²) < 4.78 is 19.4. The van der Waals surface area contributed by atoms with Crippen LogP contribution < -0.4 is 10.5 Å². The Morgan fingerprint density at radius 3 is 2.62 bits per heavy atom. The van der Waals surface area contributed by atoms with E-state index in [0.717, 1.165) is 5.56 Å². The zero-order chi connectivity index (χ0) is 15.6. The van der Waals surface area contributed by atoms with Gasteiger partial charge in [-0.05, 0) is 37.6 Å². The van der Waals surface area contributed by atoms with Crippen molar-refractivity contribution in [3.63, 3.8) is 0 Å². The lowest BCUT2D eigenvalue weighted by molar-refractivity contribution is -0.385. The van der Waals surface area contributed by atoms with Crippen LogP contribution in [0.5, 0.6) is 11.5 Å². The van der Waals surface area contributed by atoms with Gasteiger partial charge in [0.15, 0.2) is 0 Å². The molecule has 5 nitrogen and oxygen atoms in total. The molecule has 21 heavy (non-hydrogen) atoms. The molecule has 0 heterocycles. The van der Waals surface area contributed by atoms with Crippen LogP contribution in [0.15, 0.2) is 36.4 Å². The molecule has 0 unspecified atom stereocenters. The summed E-state index contributed by atoms with van der Waals surface area (Å²) in [5, 5.41) is 11.1. The third-order valence-corrected chi connectivity index (χ3v) is 3.00. The van der Waals surface area contributed by atoms with Gasteiger partial charge in [-0.25, -0.2) is 4.39 Å². The van der Waals surface area contributed by atoms with Gasteiger partial charge in [0.1, 0.15) is 11.6 Å². The maximum Gasteiger partial charge on any atom is 0.311 e. The second kappa shape index (κ2) is 5.88. The van der Waals surface area contributed by atoms with Crippen molar-refractivity contribution in [2.75, 3.05) is 0 Å². The molecule has 0 aliphatic heterocycles. The summed E-state index contributed by atoms with van der Waals surface area (Å²) in [5.74, 6) is -0.271. The molecule has 0 radical (unpaired) electrons. The van der Waals surface area contributed by atoms with Crippen molar-refractivity contribution in [1.29, 1.82) is 0 Å². The number of hydrogen-bond acceptors (Lipinski definition) is 4. The molecule has 0 saturated carbocycles. The number of aryl methyl sites for hydroxylation is 1. The van der Waals surface area contributed by atoms with Crippen LogP contribution in [0.2, 0.25) is 0 Å². The third-order valence-electron chi connectivity index (χ3n) is 3.00. The molecule has 2 rings (SSSR count). The van der Waals surface area contributed by atoms with Crippen LogP contribution in [-0.2, 0) is 0 Å². The van der Waals surface area contributed by atoms with Crippen LogP contribution in [0.3, 0.4) is 0 Å². The van der Waals surface area contributed by atoms with Crippen molar-refractivity contribution in [2.45, 2.75) is 19.9 Å². The summed E-state index contributed by atoms with van der Waals surface area (Å²) in [5.41, 5.74) is 6.49. The van der Waals surface area contributed by atoms with Gasteiger partial charge in [-0.2, -0.15) is 0 Å². The Bertz CT molecular complexity index is 687. The molecule has 0 aromatic heterocycles. The molecule has 2 N–H and O–H groups in total. The number of nitro benzene ring substituents is 1. The topological polar surface area (TPSA) is 78.4 Å². The molecular weight excluding hydrogens is 275 g/mol. The minimum atomic E-state index is -0.592. The Labute approximate surface area is 121 Å². The van der Waals surface area contributed by atoms with Crippen molar-refractivity contribution in [2.24, 2.45) is 5.73 Å². The number of benzene rings is 2. The number of nitro groups is 1. The Balaban J connectivity index is 2.49. The molecule has 0 bridgehead atoms. The Morgan fingerprint density at radius 1 is 1.29 bits per heavy atom. The van der Waals surface area contributed by atoms with Crippen molar-refractivity contribution < 1.29 is 14.1 Å². The molecule has 1 atom stereocenters. The van der Waals surface area contributed by atoms with E-state index >= 15 is 0 Å². The number of nitrogens with two attached hydrogens (primary N) is 1. The van der Waals surface area contributed by atoms with E-state index in [4.69, 9.17) is 10.5 Å². The van der Waals surface area contributed by atoms with Crippen LogP contribution in [0.25, 0.3) is 0 Å². The molecule has 0 saturated heterocycles. The summed E-state index contributed by atoms with van der Waals surface area (Å²) in [6.07, 6.45) is 0. The highest BCUT2D eigenvalue weighted by Gasteiger charge is 2.19. The van der Waals surface area contributed by atoms with E-state index in [-0.39, 0.29) is 22.7 Å². The zero-order valence-corrected chi connectivity index (χ0v) is 11.7. The zero-order valence-electron chi connectivity index (χ0n) is 11.7. The second-order valence-corrected chi connectivity index (χ2v) is 4.77. The van der Waals surface area contributed by atoms with Crippen molar-refractivity contribution >= 4 is 5.69 Å². The number of rotatable bonds is 4. The van der Waals surface area contributed by atoms with Gasteiger partial charge in [0.05, 0.1) is 4.92 Å². The average Bonchev–Trinajstić information content (AvgIpc) is 2.40. The van der Waals surface area contributed by atoms with Gasteiger partial charge in [0.2, 0.25) is 5.75 Å². The Hall–Kier alpha value is -2.47. The van der Waals surface area contributed by atoms with E-state index in [1.54, 1.807) is 19.9 Å². The van der Waals surface area contributed by atoms with Gasteiger partial charge in [-0.15, -0.1) is 0 Å². The smallest absolute Gasteiger partial charge is 0.311 e. The van der Waals surface area contributed by atoms with Gasteiger partial charge < -0.3 is 10.5 Å². The van der Waals surface area contributed by atoms with E-state index in [9.17, 15) is 14.5 Å². The largest absolute Gasteiger partial charge is 0.450 e. The van der Waals surface area contributed by atoms with Gasteiger partial charge in [0.25, 0.3) is 0 Å². The van der Waals surface area contributed by atoms with E-state index < -0.39 is 16.8 Å². The lowest BCUT2D eigenvalue weighted by Crippen LogP contribution is -2.09. The fraction of sp³-hybridized carbons (Fsp3) is 0.200. The molecule has 0 aliphatic carbocycles. The minimum Gasteiger partial charge on any atom is -0.450 e. The molecule has 0 spiro atoms. The van der Waals surface area contributed by atoms with Crippen LogP contribution in [0.1, 0.15) is 24.1 Å². The molecule has 6 heteroatoms. The number of ether oxygens (including phenoxy) is 1. The molecule has 0 aliphatic rings. The van der Waals surface area contributed by atoms with E-state index in [1.165, 1.54) is 30.3 Å². The van der Waals surface area contributed by atoms with E-state index in [1.807, 2.05) is 0 Å². The molecular formula is C15H15FN2O3. The van der Waals surface area contributed by atoms with E-state index in [2.05, 4.69) is 0 Å². The molecule has 0 amide bonds. The number of halogens is 1. The predicted molar refractivity (Wildman–Crippen MR) is 76.9 cm³/mol. The fourth-order valence-electron chi connectivity index (χ4n) is 2.02. The van der Waals surface area contributed by atoms with E-state index in [0.29, 0.717) is 0 Å². The minimum absolute atomic E-state index is 0.0538. The molecule has 0 fully saturated rings. The summed E-state index contributed by atoms with van der Waals surface area (Å²) in [6.45, 7) is 3.36. The van der Waals surface area contributed by atoms with Gasteiger partial charge in [-0.1, -0.05) is 12.1 Å². The first-order valence-electron chi connectivity index (χ1n) is 6.37. The maximum atomic E-state index is 13.8. The summed E-state index contributed by atoms with van der Waals surface area (Å²) in [4.78, 5) is 10.5. The Kier molecular flexibility index (Phi) is 4.18. The quantitative estimate of drug-likeness (QED) is 0.685. The van der Waals surface area contributed by atoms with Gasteiger partial charge >= 0.3 is 5.69 Å². The van der Waals surface area contributed by atoms with Gasteiger partial charge in [0, 0.05) is 17.7 Å². The highest BCUT2D eigenvalue weighted by molar-refractivity contribution is 5.51. The summed E-state index contributed by atoms with van der Waals surface area (Å²) >= 11 is 0. The van der Waals surface area contributed by atoms with Crippen molar-refractivity contribution in [3.8, 4) is 11.5 Å². The van der Waals surface area contributed by atoms with Crippen LogP contribution >= 0.6 is 0 Å². The van der Waals surface area contributed by atoms with Crippen molar-refractivity contribution in [1.82, 2.24) is 0 Å². The lowest BCUT2D eigenvalue weighted by atomic mass is 10.1. The maximum absolute atomic E-state index is 13.8. The third kappa shape index (κ3) is 3.17. The molecule has 2 aromatic rings. The standard InChI is InChI=1S/C15H15FN2O3/c1-9-6-7-13(12(8-9)18(19)20)21-14-5-3-4-11(16)15(14)10(2)17/h3-8,10H,17H2,1-2H3/t10-/m1/s1. The van der Waals surface area contributed by atoms with Crippen molar-refractivity contribution in [3.05, 3.63) is 63.5 Å². The van der Waals surface area contributed by atoms with Crippen LogP contribution in [-0.4, -0.2) is 4.92 Å². The first-order chi connectivity index (χ1) is 9.90. The van der Waals surface area contributed by atoms with Crippen LogP contribution in [0.4, 0.5) is 10.1 Å².